The molecule has 0 aromatic carbocycles. The molecule has 2 nitrogen and oxygen atoms in total. The van der Waals surface area contributed by atoms with Crippen LogP contribution < -0.4 is 0 Å². The zero-order chi connectivity index (χ0) is 11.1. The van der Waals surface area contributed by atoms with E-state index in [-0.39, 0.29) is 9.52 Å². The SMILES string of the molecule is CC(C)[SiH2]CCCC(N(C)C)N(C)C. The lowest BCUT2D eigenvalue weighted by Crippen LogP contribution is -2.40. The summed E-state index contributed by atoms with van der Waals surface area (Å²) >= 11 is 0. The lowest BCUT2D eigenvalue weighted by Gasteiger charge is -2.30. The Kier molecular flexibility index (Phi) is 7.50. The van der Waals surface area contributed by atoms with E-state index in [9.17, 15) is 0 Å². The van der Waals surface area contributed by atoms with Crippen LogP contribution in [0.5, 0.6) is 0 Å². The Morgan fingerprint density at radius 1 is 1.00 bits per heavy atom. The van der Waals surface area contributed by atoms with Gasteiger partial charge in [0.1, 0.15) is 0 Å². The zero-order valence-electron chi connectivity index (χ0n) is 10.9. The average molecular weight is 216 g/mol. The molecule has 0 saturated heterocycles. The van der Waals surface area contributed by atoms with Gasteiger partial charge in [-0.1, -0.05) is 31.9 Å². The standard InChI is InChI=1S/C11H28N2Si/c1-10(2)14-9-7-8-11(12(3)4)13(5)6/h10-11H,7-9,14H2,1-6H3. The van der Waals surface area contributed by atoms with Crippen molar-refractivity contribution in [2.45, 2.75) is 44.4 Å². The molecule has 0 aliphatic heterocycles. The van der Waals surface area contributed by atoms with Crippen molar-refractivity contribution in [3.05, 3.63) is 0 Å². The summed E-state index contributed by atoms with van der Waals surface area (Å²) in [5, 5.41) is 0. The van der Waals surface area contributed by atoms with E-state index in [1.807, 2.05) is 0 Å². The minimum absolute atomic E-state index is 0.217. The Morgan fingerprint density at radius 2 is 1.50 bits per heavy atom. The van der Waals surface area contributed by atoms with Gasteiger partial charge in [0.05, 0.1) is 6.17 Å². The maximum absolute atomic E-state index is 2.36. The highest BCUT2D eigenvalue weighted by atomic mass is 28.2. The van der Waals surface area contributed by atoms with Gasteiger partial charge in [-0.2, -0.15) is 0 Å². The second-order valence-corrected chi connectivity index (χ2v) is 8.00. The Labute approximate surface area is 92.5 Å². The second-order valence-electron chi connectivity index (χ2n) is 5.09. The highest BCUT2D eigenvalue weighted by Gasteiger charge is 2.12. The molecule has 0 N–H and O–H groups in total. The molecular formula is C11H28N2Si. The molecule has 0 rings (SSSR count). The Hall–Kier alpha value is 0.137. The third kappa shape index (κ3) is 6.57. The van der Waals surface area contributed by atoms with Crippen molar-refractivity contribution >= 4 is 9.52 Å². The molecule has 0 aromatic heterocycles. The topological polar surface area (TPSA) is 6.48 Å². The first-order valence-electron chi connectivity index (χ1n) is 5.78. The summed E-state index contributed by atoms with van der Waals surface area (Å²) in [7, 11) is 8.90. The molecule has 0 saturated carbocycles. The van der Waals surface area contributed by atoms with Gasteiger partial charge in [-0.25, -0.2) is 0 Å². The van der Waals surface area contributed by atoms with Crippen LogP contribution >= 0.6 is 0 Å². The predicted molar refractivity (Wildman–Crippen MR) is 68.8 cm³/mol. The summed E-state index contributed by atoms with van der Waals surface area (Å²) in [6, 6.07) is 1.51. The quantitative estimate of drug-likeness (QED) is 0.363. The molecule has 0 aliphatic rings. The smallest absolute Gasteiger partial charge is 0.0612 e. The predicted octanol–water partition coefficient (Wildman–Crippen LogP) is 1.63. The molecular weight excluding hydrogens is 188 g/mol. The van der Waals surface area contributed by atoms with Crippen LogP contribution in [0, 0.1) is 0 Å². The monoisotopic (exact) mass is 216 g/mol. The molecule has 0 radical (unpaired) electrons. The first-order valence-corrected chi connectivity index (χ1v) is 7.59. The highest BCUT2D eigenvalue weighted by molar-refractivity contribution is 6.37. The molecule has 0 atom stereocenters. The van der Waals surface area contributed by atoms with E-state index in [2.05, 4.69) is 51.8 Å². The number of hydrogen-bond acceptors (Lipinski definition) is 2. The Balaban J connectivity index is 3.62. The fourth-order valence-corrected chi connectivity index (χ4v) is 3.25. The molecule has 14 heavy (non-hydrogen) atoms. The van der Waals surface area contributed by atoms with Crippen molar-refractivity contribution < 1.29 is 0 Å². The van der Waals surface area contributed by atoms with Crippen LogP contribution in [0.1, 0.15) is 26.7 Å². The number of hydrogen-bond donors (Lipinski definition) is 0. The molecule has 0 fully saturated rings. The lowest BCUT2D eigenvalue weighted by atomic mass is 10.2. The molecule has 0 amide bonds. The average Bonchev–Trinajstić information content (AvgIpc) is 2.01. The lowest BCUT2D eigenvalue weighted by molar-refractivity contribution is 0.119. The van der Waals surface area contributed by atoms with E-state index < -0.39 is 0 Å². The van der Waals surface area contributed by atoms with Crippen LogP contribution in [0.15, 0.2) is 0 Å². The summed E-state index contributed by atoms with van der Waals surface area (Å²) in [5.74, 6) is 0. The van der Waals surface area contributed by atoms with Crippen LogP contribution in [-0.2, 0) is 0 Å². The van der Waals surface area contributed by atoms with Crippen molar-refractivity contribution in [3.8, 4) is 0 Å². The molecule has 0 heterocycles. The molecule has 0 spiro atoms. The molecule has 86 valence electrons. The van der Waals surface area contributed by atoms with E-state index in [4.69, 9.17) is 0 Å². The zero-order valence-corrected chi connectivity index (χ0v) is 12.3. The van der Waals surface area contributed by atoms with Gasteiger partial charge in [0, 0.05) is 9.52 Å². The van der Waals surface area contributed by atoms with E-state index in [1.54, 1.807) is 0 Å². The fraction of sp³-hybridized carbons (Fsp3) is 1.00. The Bertz CT molecular complexity index is 127. The minimum Gasteiger partial charge on any atom is -0.294 e. The van der Waals surface area contributed by atoms with Crippen molar-refractivity contribution in [1.82, 2.24) is 9.80 Å². The van der Waals surface area contributed by atoms with Crippen molar-refractivity contribution in [2.24, 2.45) is 0 Å². The van der Waals surface area contributed by atoms with E-state index in [0.29, 0.717) is 6.17 Å². The van der Waals surface area contributed by atoms with Gasteiger partial charge in [0.25, 0.3) is 0 Å². The second kappa shape index (κ2) is 7.43. The maximum Gasteiger partial charge on any atom is 0.0612 e. The van der Waals surface area contributed by atoms with E-state index >= 15 is 0 Å². The molecule has 0 aliphatic carbocycles. The third-order valence-electron chi connectivity index (χ3n) is 2.69. The molecule has 0 aromatic rings. The Morgan fingerprint density at radius 3 is 1.86 bits per heavy atom. The van der Waals surface area contributed by atoms with Gasteiger partial charge < -0.3 is 0 Å². The maximum atomic E-state index is 2.36. The summed E-state index contributed by atoms with van der Waals surface area (Å²) in [6.07, 6.45) is 3.35. The first kappa shape index (κ1) is 14.1. The molecule has 3 heteroatoms. The van der Waals surface area contributed by atoms with Gasteiger partial charge in [-0.05, 0) is 34.6 Å². The van der Waals surface area contributed by atoms with Crippen molar-refractivity contribution in [2.75, 3.05) is 28.2 Å². The van der Waals surface area contributed by atoms with Gasteiger partial charge in [0.2, 0.25) is 0 Å². The highest BCUT2D eigenvalue weighted by Crippen LogP contribution is 2.10. The summed E-state index contributed by atoms with van der Waals surface area (Å²) in [4.78, 5) is 4.63. The van der Waals surface area contributed by atoms with Gasteiger partial charge >= 0.3 is 0 Å². The van der Waals surface area contributed by atoms with E-state index in [1.165, 1.54) is 18.9 Å². The fourth-order valence-electron chi connectivity index (χ4n) is 1.86. The summed E-state index contributed by atoms with van der Waals surface area (Å²) < 4.78 is 0. The summed E-state index contributed by atoms with van der Waals surface area (Å²) in [6.45, 7) is 4.73. The van der Waals surface area contributed by atoms with Crippen molar-refractivity contribution in [1.29, 1.82) is 0 Å². The van der Waals surface area contributed by atoms with Crippen LogP contribution in [0.3, 0.4) is 0 Å². The van der Waals surface area contributed by atoms with Crippen LogP contribution in [0.4, 0.5) is 0 Å². The molecule has 0 bridgehead atoms. The van der Waals surface area contributed by atoms with Crippen LogP contribution in [0.25, 0.3) is 0 Å². The summed E-state index contributed by atoms with van der Waals surface area (Å²) in [5.41, 5.74) is 0.993. The van der Waals surface area contributed by atoms with Crippen LogP contribution in [0.2, 0.25) is 11.6 Å². The van der Waals surface area contributed by atoms with Gasteiger partial charge in [0.15, 0.2) is 0 Å². The van der Waals surface area contributed by atoms with Crippen molar-refractivity contribution in [3.63, 3.8) is 0 Å². The van der Waals surface area contributed by atoms with Gasteiger partial charge in [-0.3, -0.25) is 9.80 Å². The number of nitrogens with zero attached hydrogens (tertiary/aromatic N) is 2. The van der Waals surface area contributed by atoms with E-state index in [0.717, 1.165) is 5.54 Å². The largest absolute Gasteiger partial charge is 0.294 e. The third-order valence-corrected chi connectivity index (χ3v) is 4.75. The minimum atomic E-state index is 0.217. The normalized spacial score (nSPS) is 13.3. The number of rotatable bonds is 7. The molecule has 0 unspecified atom stereocenters. The van der Waals surface area contributed by atoms with Gasteiger partial charge in [-0.15, -0.1) is 0 Å². The first-order chi connectivity index (χ1) is 6.45. The van der Waals surface area contributed by atoms with Crippen LogP contribution in [-0.4, -0.2) is 53.7 Å².